The molecule has 0 saturated carbocycles. The molecular formula is C21H18N2O5S. The molecule has 0 spiro atoms. The molecule has 3 aromatic rings. The van der Waals surface area contributed by atoms with Crippen molar-refractivity contribution in [2.75, 3.05) is 10.0 Å². The van der Waals surface area contributed by atoms with Crippen LogP contribution in [-0.4, -0.2) is 25.4 Å². The second-order valence-electron chi connectivity index (χ2n) is 6.34. The van der Waals surface area contributed by atoms with E-state index in [0.29, 0.717) is 11.4 Å². The Morgan fingerprint density at radius 3 is 2.17 bits per heavy atom. The minimum absolute atomic E-state index is 0.0291. The normalized spacial score (nSPS) is 10.9. The Morgan fingerprint density at radius 2 is 1.48 bits per heavy atom. The number of carbonyl (C=O) groups excluding carboxylic acids is 1. The first-order valence-corrected chi connectivity index (χ1v) is 10.1. The molecule has 29 heavy (non-hydrogen) atoms. The number of amides is 1. The van der Waals surface area contributed by atoms with Crippen molar-refractivity contribution in [2.24, 2.45) is 0 Å². The molecule has 0 heterocycles. The minimum atomic E-state index is -3.88. The molecule has 1 amide bonds. The number of aromatic carboxylic acids is 1. The van der Waals surface area contributed by atoms with Crippen LogP contribution in [0.15, 0.2) is 77.7 Å². The third-order valence-corrected chi connectivity index (χ3v) is 5.46. The topological polar surface area (TPSA) is 113 Å². The van der Waals surface area contributed by atoms with Crippen molar-refractivity contribution >= 4 is 33.3 Å². The first-order chi connectivity index (χ1) is 13.7. The molecule has 0 unspecified atom stereocenters. The van der Waals surface area contributed by atoms with Gasteiger partial charge in [0.25, 0.3) is 15.9 Å². The van der Waals surface area contributed by atoms with Crippen LogP contribution in [-0.2, 0) is 10.0 Å². The molecular weight excluding hydrogens is 392 g/mol. The Labute approximate surface area is 168 Å². The lowest BCUT2D eigenvalue weighted by molar-refractivity contribution is 0.0696. The fourth-order valence-corrected chi connectivity index (χ4v) is 3.68. The Hall–Kier alpha value is -3.65. The summed E-state index contributed by atoms with van der Waals surface area (Å²) in [5.74, 6) is -1.67. The van der Waals surface area contributed by atoms with E-state index in [9.17, 15) is 18.0 Å². The lowest BCUT2D eigenvalue weighted by atomic mass is 10.2. The van der Waals surface area contributed by atoms with E-state index in [0.717, 1.165) is 5.56 Å². The van der Waals surface area contributed by atoms with Crippen LogP contribution in [0.1, 0.15) is 26.3 Å². The van der Waals surface area contributed by atoms with Crippen LogP contribution in [0.25, 0.3) is 0 Å². The number of aryl methyl sites for hydroxylation is 1. The maximum Gasteiger partial charge on any atom is 0.335 e. The van der Waals surface area contributed by atoms with Crippen molar-refractivity contribution in [1.82, 2.24) is 0 Å². The van der Waals surface area contributed by atoms with Crippen LogP contribution in [0.2, 0.25) is 0 Å². The summed E-state index contributed by atoms with van der Waals surface area (Å²) >= 11 is 0. The van der Waals surface area contributed by atoms with Gasteiger partial charge in [0.05, 0.1) is 10.5 Å². The largest absolute Gasteiger partial charge is 0.478 e. The van der Waals surface area contributed by atoms with Crippen molar-refractivity contribution in [3.63, 3.8) is 0 Å². The molecule has 0 aliphatic rings. The summed E-state index contributed by atoms with van der Waals surface area (Å²) in [6.07, 6.45) is 0. The van der Waals surface area contributed by atoms with Gasteiger partial charge in [-0.3, -0.25) is 9.52 Å². The molecule has 0 aliphatic carbocycles. The number of anilines is 2. The van der Waals surface area contributed by atoms with Gasteiger partial charge in [-0.2, -0.15) is 0 Å². The van der Waals surface area contributed by atoms with Gasteiger partial charge >= 0.3 is 5.97 Å². The molecule has 148 valence electrons. The number of rotatable bonds is 6. The average Bonchev–Trinajstić information content (AvgIpc) is 2.70. The predicted octanol–water partition coefficient (Wildman–Crippen LogP) is 3.75. The molecule has 3 aromatic carbocycles. The lowest BCUT2D eigenvalue weighted by Gasteiger charge is -2.10. The number of carbonyl (C=O) groups is 2. The Bertz CT molecular complexity index is 1170. The summed E-state index contributed by atoms with van der Waals surface area (Å²) in [6.45, 7) is 1.90. The first-order valence-electron chi connectivity index (χ1n) is 8.59. The molecule has 0 aliphatic heterocycles. The SMILES string of the molecule is Cc1ccc(NS(=O)(=O)c2cccc(C(=O)Nc3cccc(C(=O)O)c3)c2)cc1. The van der Waals surface area contributed by atoms with Crippen LogP contribution >= 0.6 is 0 Å². The Balaban J connectivity index is 1.81. The molecule has 0 aromatic heterocycles. The number of carboxylic acids is 1. The molecule has 3 rings (SSSR count). The zero-order valence-corrected chi connectivity index (χ0v) is 16.2. The van der Waals surface area contributed by atoms with Crippen molar-refractivity contribution in [3.8, 4) is 0 Å². The standard InChI is InChI=1S/C21H18N2O5S/c1-14-8-10-17(11-9-14)23-29(27,28)19-7-3-4-15(13-19)20(24)22-18-6-2-5-16(12-18)21(25)26/h2-13,23H,1H3,(H,22,24)(H,25,26). The van der Waals surface area contributed by atoms with Gasteiger partial charge in [0.1, 0.15) is 0 Å². The second-order valence-corrected chi connectivity index (χ2v) is 8.02. The van der Waals surface area contributed by atoms with Gasteiger partial charge in [0.15, 0.2) is 0 Å². The third kappa shape index (κ3) is 4.99. The van der Waals surface area contributed by atoms with Crippen molar-refractivity contribution in [2.45, 2.75) is 11.8 Å². The zero-order valence-electron chi connectivity index (χ0n) is 15.4. The van der Waals surface area contributed by atoms with Gasteiger partial charge in [0.2, 0.25) is 0 Å². The first kappa shape index (κ1) is 20.1. The summed E-state index contributed by atoms with van der Waals surface area (Å²) in [7, 11) is -3.88. The summed E-state index contributed by atoms with van der Waals surface area (Å²) in [5.41, 5.74) is 1.86. The van der Waals surface area contributed by atoms with E-state index in [2.05, 4.69) is 10.0 Å². The van der Waals surface area contributed by atoms with Gasteiger partial charge in [0, 0.05) is 16.9 Å². The number of hydrogen-bond acceptors (Lipinski definition) is 4. The van der Waals surface area contributed by atoms with Crippen molar-refractivity contribution < 1.29 is 23.1 Å². The highest BCUT2D eigenvalue weighted by atomic mass is 32.2. The monoisotopic (exact) mass is 410 g/mol. The maximum absolute atomic E-state index is 12.6. The second kappa shape index (κ2) is 8.15. The summed E-state index contributed by atoms with van der Waals surface area (Å²) < 4.78 is 27.7. The van der Waals surface area contributed by atoms with Crippen LogP contribution < -0.4 is 10.0 Å². The van der Waals surface area contributed by atoms with E-state index in [1.807, 2.05) is 6.92 Å². The van der Waals surface area contributed by atoms with Gasteiger partial charge in [-0.25, -0.2) is 13.2 Å². The number of benzene rings is 3. The molecule has 0 saturated heterocycles. The molecule has 7 nitrogen and oxygen atoms in total. The number of carboxylic acid groups (broad SMARTS) is 1. The molecule has 0 radical (unpaired) electrons. The smallest absolute Gasteiger partial charge is 0.335 e. The van der Waals surface area contributed by atoms with E-state index in [1.165, 1.54) is 42.5 Å². The predicted molar refractivity (Wildman–Crippen MR) is 110 cm³/mol. The van der Waals surface area contributed by atoms with Gasteiger partial charge in [-0.05, 0) is 55.5 Å². The van der Waals surface area contributed by atoms with Gasteiger partial charge in [-0.1, -0.05) is 29.8 Å². The Morgan fingerprint density at radius 1 is 0.828 bits per heavy atom. The number of nitrogens with one attached hydrogen (secondary N) is 2. The summed E-state index contributed by atoms with van der Waals surface area (Å²) in [5, 5.41) is 11.6. The summed E-state index contributed by atoms with van der Waals surface area (Å²) in [4.78, 5) is 23.5. The average molecular weight is 410 g/mol. The van der Waals surface area contributed by atoms with E-state index >= 15 is 0 Å². The van der Waals surface area contributed by atoms with Crippen LogP contribution in [0, 0.1) is 6.92 Å². The molecule has 8 heteroatoms. The highest BCUT2D eigenvalue weighted by Crippen LogP contribution is 2.19. The van der Waals surface area contributed by atoms with Crippen LogP contribution in [0.3, 0.4) is 0 Å². The minimum Gasteiger partial charge on any atom is -0.478 e. The third-order valence-electron chi connectivity index (χ3n) is 4.08. The van der Waals surface area contributed by atoms with Gasteiger partial charge in [-0.15, -0.1) is 0 Å². The highest BCUT2D eigenvalue weighted by Gasteiger charge is 2.17. The number of hydrogen-bond donors (Lipinski definition) is 3. The molecule has 0 atom stereocenters. The Kier molecular flexibility index (Phi) is 5.65. The zero-order chi connectivity index (χ0) is 21.0. The fourth-order valence-electron chi connectivity index (χ4n) is 2.57. The summed E-state index contributed by atoms with van der Waals surface area (Å²) in [6, 6.07) is 18.2. The maximum atomic E-state index is 12.6. The van der Waals surface area contributed by atoms with Crippen LogP contribution in [0.5, 0.6) is 0 Å². The number of sulfonamides is 1. The van der Waals surface area contributed by atoms with Crippen molar-refractivity contribution in [1.29, 1.82) is 0 Å². The van der Waals surface area contributed by atoms with Gasteiger partial charge < -0.3 is 10.4 Å². The van der Waals surface area contributed by atoms with E-state index < -0.39 is 21.9 Å². The van der Waals surface area contributed by atoms with E-state index in [1.54, 1.807) is 30.3 Å². The van der Waals surface area contributed by atoms with E-state index in [4.69, 9.17) is 5.11 Å². The molecule has 0 fully saturated rings. The van der Waals surface area contributed by atoms with Crippen LogP contribution in [0.4, 0.5) is 11.4 Å². The molecule has 3 N–H and O–H groups in total. The fraction of sp³-hybridized carbons (Fsp3) is 0.0476. The molecule has 0 bridgehead atoms. The van der Waals surface area contributed by atoms with Crippen molar-refractivity contribution in [3.05, 3.63) is 89.5 Å². The lowest BCUT2D eigenvalue weighted by Crippen LogP contribution is -2.16. The highest BCUT2D eigenvalue weighted by molar-refractivity contribution is 7.92. The van der Waals surface area contributed by atoms with E-state index in [-0.39, 0.29) is 16.0 Å². The quantitative estimate of drug-likeness (QED) is 0.573.